The largest absolute Gasteiger partial charge is 0.479 e. The maximum atomic E-state index is 12.3. The minimum Gasteiger partial charge on any atom is -0.479 e. The lowest BCUT2D eigenvalue weighted by Crippen LogP contribution is -2.62. The molecular weight excluding hydrogens is 262 g/mol. The maximum absolute atomic E-state index is 12.3. The molecule has 0 aromatic heterocycles. The topological polar surface area (TPSA) is 76.1 Å². The second-order valence-electron chi connectivity index (χ2n) is 6.12. The Kier molecular flexibility index (Phi) is 5.39. The van der Waals surface area contributed by atoms with Crippen LogP contribution in [0.15, 0.2) is 0 Å². The summed E-state index contributed by atoms with van der Waals surface area (Å²) in [6.07, 6.45) is 1.08. The molecular formula is C14H25NO5. The van der Waals surface area contributed by atoms with Crippen molar-refractivity contribution in [3.8, 4) is 0 Å². The number of carbonyl (C=O) groups is 2. The summed E-state index contributed by atoms with van der Waals surface area (Å²) in [6, 6.07) is 0. The molecule has 0 radical (unpaired) electrons. The Morgan fingerprint density at radius 1 is 1.40 bits per heavy atom. The first-order valence-electron chi connectivity index (χ1n) is 7.05. The smallest absolute Gasteiger partial charge is 0.411 e. The van der Waals surface area contributed by atoms with Crippen LogP contribution in [0.5, 0.6) is 0 Å². The van der Waals surface area contributed by atoms with E-state index < -0.39 is 23.2 Å². The molecule has 0 bridgehead atoms. The van der Waals surface area contributed by atoms with Crippen molar-refractivity contribution in [1.82, 2.24) is 4.90 Å². The van der Waals surface area contributed by atoms with E-state index in [4.69, 9.17) is 9.47 Å². The van der Waals surface area contributed by atoms with Crippen LogP contribution in [0.1, 0.15) is 47.0 Å². The molecule has 6 nitrogen and oxygen atoms in total. The van der Waals surface area contributed by atoms with Gasteiger partial charge in [0.1, 0.15) is 5.60 Å². The highest BCUT2D eigenvalue weighted by atomic mass is 16.6. The predicted octanol–water partition coefficient (Wildman–Crippen LogP) is 2.27. The van der Waals surface area contributed by atoms with Gasteiger partial charge in [-0.2, -0.15) is 0 Å². The molecule has 1 N–H and O–H groups in total. The number of carboxylic acids is 1. The molecule has 116 valence electrons. The zero-order valence-electron chi connectivity index (χ0n) is 12.8. The van der Waals surface area contributed by atoms with E-state index in [2.05, 4.69) is 0 Å². The van der Waals surface area contributed by atoms with Gasteiger partial charge in [-0.3, -0.25) is 4.90 Å². The third-order valence-corrected chi connectivity index (χ3v) is 3.20. The number of hydrogen-bond donors (Lipinski definition) is 1. The SMILES string of the molecule is CCCN(C(=O)OC(C)(C)C)C1(C(=O)O)CCCOC1. The average molecular weight is 287 g/mol. The number of amides is 1. The Balaban J connectivity index is 3.02. The van der Waals surface area contributed by atoms with Gasteiger partial charge in [-0.25, -0.2) is 9.59 Å². The number of nitrogens with zero attached hydrogens (tertiary/aromatic N) is 1. The van der Waals surface area contributed by atoms with Gasteiger partial charge < -0.3 is 14.6 Å². The fourth-order valence-electron chi connectivity index (χ4n) is 2.30. The van der Waals surface area contributed by atoms with E-state index in [1.165, 1.54) is 4.90 Å². The lowest BCUT2D eigenvalue weighted by molar-refractivity contribution is -0.160. The van der Waals surface area contributed by atoms with Crippen molar-refractivity contribution >= 4 is 12.1 Å². The molecule has 1 saturated heterocycles. The highest BCUT2D eigenvalue weighted by Gasteiger charge is 2.49. The van der Waals surface area contributed by atoms with Crippen LogP contribution in [0.25, 0.3) is 0 Å². The van der Waals surface area contributed by atoms with Gasteiger partial charge in [-0.05, 0) is 40.0 Å². The third-order valence-electron chi connectivity index (χ3n) is 3.20. The Morgan fingerprint density at radius 2 is 2.05 bits per heavy atom. The molecule has 0 spiro atoms. The molecule has 0 aromatic rings. The molecule has 20 heavy (non-hydrogen) atoms. The molecule has 1 heterocycles. The number of carboxylic acid groups (broad SMARTS) is 1. The lowest BCUT2D eigenvalue weighted by atomic mass is 9.90. The van der Waals surface area contributed by atoms with E-state index >= 15 is 0 Å². The fraction of sp³-hybridized carbons (Fsp3) is 0.857. The zero-order chi connectivity index (χ0) is 15.4. The first-order valence-corrected chi connectivity index (χ1v) is 7.05. The van der Waals surface area contributed by atoms with Crippen LogP contribution in [-0.4, -0.2) is 53.0 Å². The molecule has 1 aliphatic heterocycles. The van der Waals surface area contributed by atoms with Gasteiger partial charge in [-0.15, -0.1) is 0 Å². The molecule has 1 unspecified atom stereocenters. The summed E-state index contributed by atoms with van der Waals surface area (Å²) in [5.41, 5.74) is -1.96. The van der Waals surface area contributed by atoms with E-state index in [-0.39, 0.29) is 6.61 Å². The first kappa shape index (κ1) is 16.8. The number of carbonyl (C=O) groups excluding carboxylic acids is 1. The van der Waals surface area contributed by atoms with Crippen LogP contribution in [0.3, 0.4) is 0 Å². The van der Waals surface area contributed by atoms with Crippen molar-refractivity contribution in [2.24, 2.45) is 0 Å². The summed E-state index contributed by atoms with van der Waals surface area (Å²) < 4.78 is 10.7. The van der Waals surface area contributed by atoms with Crippen molar-refractivity contribution in [3.05, 3.63) is 0 Å². The van der Waals surface area contributed by atoms with Crippen LogP contribution in [0, 0.1) is 0 Å². The Bertz CT molecular complexity index is 355. The second-order valence-corrected chi connectivity index (χ2v) is 6.12. The number of rotatable bonds is 4. The van der Waals surface area contributed by atoms with Crippen molar-refractivity contribution in [2.45, 2.75) is 58.1 Å². The predicted molar refractivity (Wildman–Crippen MR) is 73.7 cm³/mol. The van der Waals surface area contributed by atoms with Crippen LogP contribution in [-0.2, 0) is 14.3 Å². The minimum absolute atomic E-state index is 0.0155. The van der Waals surface area contributed by atoms with E-state index in [1.807, 2.05) is 6.92 Å². The zero-order valence-corrected chi connectivity index (χ0v) is 12.8. The fourth-order valence-corrected chi connectivity index (χ4v) is 2.30. The molecule has 0 aliphatic carbocycles. The summed E-state index contributed by atoms with van der Waals surface area (Å²) >= 11 is 0. The third kappa shape index (κ3) is 3.85. The van der Waals surface area contributed by atoms with Gasteiger partial charge in [-0.1, -0.05) is 6.92 Å². The maximum Gasteiger partial charge on any atom is 0.411 e. The summed E-state index contributed by atoms with van der Waals surface area (Å²) in [5.74, 6) is -1.03. The van der Waals surface area contributed by atoms with E-state index in [0.29, 0.717) is 32.4 Å². The van der Waals surface area contributed by atoms with Crippen molar-refractivity contribution < 1.29 is 24.2 Å². The van der Waals surface area contributed by atoms with Gasteiger partial charge in [0.2, 0.25) is 0 Å². The minimum atomic E-state index is -1.31. The van der Waals surface area contributed by atoms with Gasteiger partial charge in [0, 0.05) is 13.2 Å². The molecule has 6 heteroatoms. The van der Waals surface area contributed by atoms with Gasteiger partial charge in [0.25, 0.3) is 0 Å². The van der Waals surface area contributed by atoms with Gasteiger partial charge >= 0.3 is 12.1 Å². The molecule has 0 aromatic carbocycles. The molecule has 1 aliphatic rings. The lowest BCUT2D eigenvalue weighted by Gasteiger charge is -2.42. The van der Waals surface area contributed by atoms with E-state index in [0.717, 1.165) is 0 Å². The summed E-state index contributed by atoms with van der Waals surface area (Å²) in [4.78, 5) is 25.4. The quantitative estimate of drug-likeness (QED) is 0.858. The summed E-state index contributed by atoms with van der Waals surface area (Å²) in [6.45, 7) is 8.07. The highest BCUT2D eigenvalue weighted by Crippen LogP contribution is 2.29. The molecule has 1 fully saturated rings. The number of hydrogen-bond acceptors (Lipinski definition) is 4. The Labute approximate surface area is 120 Å². The monoisotopic (exact) mass is 287 g/mol. The number of aliphatic carboxylic acids is 1. The van der Waals surface area contributed by atoms with E-state index in [9.17, 15) is 14.7 Å². The van der Waals surface area contributed by atoms with Crippen LogP contribution >= 0.6 is 0 Å². The molecule has 1 rings (SSSR count). The molecule has 0 saturated carbocycles. The van der Waals surface area contributed by atoms with Crippen molar-refractivity contribution in [2.75, 3.05) is 19.8 Å². The van der Waals surface area contributed by atoms with E-state index in [1.54, 1.807) is 20.8 Å². The Morgan fingerprint density at radius 3 is 2.45 bits per heavy atom. The van der Waals surface area contributed by atoms with Gasteiger partial charge in [0.15, 0.2) is 5.54 Å². The average Bonchev–Trinajstić information content (AvgIpc) is 2.34. The normalized spacial score (nSPS) is 23.2. The van der Waals surface area contributed by atoms with Crippen LogP contribution in [0.2, 0.25) is 0 Å². The second kappa shape index (κ2) is 6.43. The first-order chi connectivity index (χ1) is 9.23. The molecule has 1 amide bonds. The Hall–Kier alpha value is -1.30. The standard InChI is InChI=1S/C14H25NO5/c1-5-8-15(12(18)20-13(2,3)4)14(11(16)17)7-6-9-19-10-14/h5-10H2,1-4H3,(H,16,17). The summed E-state index contributed by atoms with van der Waals surface area (Å²) in [5, 5.41) is 9.60. The summed E-state index contributed by atoms with van der Waals surface area (Å²) in [7, 11) is 0. The van der Waals surface area contributed by atoms with Crippen LogP contribution in [0.4, 0.5) is 4.79 Å². The highest BCUT2D eigenvalue weighted by molar-refractivity contribution is 5.85. The van der Waals surface area contributed by atoms with Crippen molar-refractivity contribution in [3.63, 3.8) is 0 Å². The van der Waals surface area contributed by atoms with Crippen molar-refractivity contribution in [1.29, 1.82) is 0 Å². The molecule has 1 atom stereocenters. The van der Waals surface area contributed by atoms with Gasteiger partial charge in [0.05, 0.1) is 6.61 Å². The van der Waals surface area contributed by atoms with Crippen LogP contribution < -0.4 is 0 Å². The number of ether oxygens (including phenoxy) is 2.